The van der Waals surface area contributed by atoms with Crippen molar-refractivity contribution in [2.75, 3.05) is 0 Å². The number of pyridine rings is 2. The fourth-order valence-electron chi connectivity index (χ4n) is 2.68. The third-order valence-electron chi connectivity index (χ3n) is 3.78. The van der Waals surface area contributed by atoms with E-state index in [1.807, 2.05) is 12.1 Å². The van der Waals surface area contributed by atoms with Crippen LogP contribution < -0.4 is 4.98 Å². The molecule has 5 nitrogen and oxygen atoms in total. The number of rotatable bonds is 1. The van der Waals surface area contributed by atoms with Crippen LogP contribution in [0.15, 0.2) is 42.7 Å². The number of halogens is 1. The molecule has 1 aromatic carbocycles. The van der Waals surface area contributed by atoms with Crippen LogP contribution in [0.4, 0.5) is 4.39 Å². The Balaban J connectivity index is 2.01. The van der Waals surface area contributed by atoms with Gasteiger partial charge in [-0.3, -0.25) is 0 Å². The van der Waals surface area contributed by atoms with Gasteiger partial charge in [0.05, 0.1) is 17.8 Å². The molecule has 6 heteroatoms. The molecule has 0 radical (unpaired) electrons. The smallest absolute Gasteiger partial charge is 0.285 e. The first-order valence-corrected chi connectivity index (χ1v) is 6.88. The number of fused-ring (bicyclic) bond motifs is 3. The van der Waals surface area contributed by atoms with Gasteiger partial charge >= 0.3 is 0 Å². The van der Waals surface area contributed by atoms with E-state index >= 15 is 0 Å². The highest BCUT2D eigenvalue weighted by Gasteiger charge is 2.15. The van der Waals surface area contributed by atoms with Gasteiger partial charge in [0.2, 0.25) is 0 Å². The first kappa shape index (κ1) is 13.2. The Bertz CT molecular complexity index is 1110. The Morgan fingerprint density at radius 3 is 2.91 bits per heavy atom. The Morgan fingerprint density at radius 2 is 2.09 bits per heavy atom. The zero-order valence-corrected chi connectivity index (χ0v) is 11.8. The minimum Gasteiger partial charge on any atom is -0.507 e. The highest BCUT2D eigenvalue weighted by atomic mass is 19.1. The Kier molecular flexibility index (Phi) is 2.75. The molecule has 0 spiro atoms. The summed E-state index contributed by atoms with van der Waals surface area (Å²) in [6, 6.07) is 9.34. The molecule has 0 aliphatic heterocycles. The van der Waals surface area contributed by atoms with Crippen LogP contribution in [0.2, 0.25) is 0 Å². The third kappa shape index (κ3) is 2.07. The molecule has 0 saturated heterocycles. The van der Waals surface area contributed by atoms with E-state index in [0.29, 0.717) is 16.8 Å². The maximum atomic E-state index is 13.5. The van der Waals surface area contributed by atoms with Gasteiger partial charge in [-0.25, -0.2) is 19.3 Å². The quantitative estimate of drug-likeness (QED) is 0.567. The molecule has 0 amide bonds. The Morgan fingerprint density at radius 1 is 1.22 bits per heavy atom. The monoisotopic (exact) mass is 305 g/mol. The zero-order chi connectivity index (χ0) is 16.0. The topological polar surface area (TPSA) is 86.8 Å². The van der Waals surface area contributed by atoms with Crippen LogP contribution in [0.25, 0.3) is 33.1 Å². The van der Waals surface area contributed by atoms with Crippen LogP contribution in [0.3, 0.4) is 0 Å². The van der Waals surface area contributed by atoms with Gasteiger partial charge in [-0.1, -0.05) is 0 Å². The highest BCUT2D eigenvalue weighted by molar-refractivity contribution is 6.05. The fraction of sp³-hybridized carbons (Fsp3) is 0. The second-order valence-electron chi connectivity index (χ2n) is 5.19. The number of benzene rings is 1. The summed E-state index contributed by atoms with van der Waals surface area (Å²) in [5, 5.41) is 20.6. The maximum absolute atomic E-state index is 13.5. The molecule has 3 heterocycles. The van der Waals surface area contributed by atoms with Gasteiger partial charge in [0.1, 0.15) is 23.3 Å². The molecule has 4 rings (SSSR count). The molecule has 4 aromatic rings. The standard InChI is InChI=1S/C17H9FN4O/c18-10-1-2-16(23)12(4-10)9-3-14-13-5-11(6-19)20-8-15(13)22-17(14)21-7-9/h1-5,7-8,23H,(H,21,22)/p+1. The van der Waals surface area contributed by atoms with Crippen LogP contribution in [-0.2, 0) is 0 Å². The lowest BCUT2D eigenvalue weighted by Gasteiger charge is -2.03. The van der Waals surface area contributed by atoms with Crippen molar-refractivity contribution in [3.8, 4) is 22.9 Å². The lowest BCUT2D eigenvalue weighted by molar-refractivity contribution is -0.346. The van der Waals surface area contributed by atoms with E-state index in [9.17, 15) is 9.50 Å². The zero-order valence-electron chi connectivity index (χ0n) is 11.8. The van der Waals surface area contributed by atoms with Gasteiger partial charge in [0.15, 0.2) is 5.52 Å². The van der Waals surface area contributed by atoms with Crippen molar-refractivity contribution < 1.29 is 14.5 Å². The first-order chi connectivity index (χ1) is 11.2. The van der Waals surface area contributed by atoms with Gasteiger partial charge < -0.3 is 5.11 Å². The van der Waals surface area contributed by atoms with Gasteiger partial charge in [-0.2, -0.15) is 5.26 Å². The van der Waals surface area contributed by atoms with E-state index in [0.717, 1.165) is 21.9 Å². The number of aromatic amines is 2. The van der Waals surface area contributed by atoms with E-state index in [1.54, 1.807) is 18.5 Å². The van der Waals surface area contributed by atoms with Crippen LogP contribution in [0.1, 0.15) is 5.69 Å². The third-order valence-corrected chi connectivity index (χ3v) is 3.78. The number of nitrogens with zero attached hydrogens (tertiary/aromatic N) is 2. The number of nitriles is 1. The van der Waals surface area contributed by atoms with E-state index in [-0.39, 0.29) is 5.75 Å². The SMILES string of the molecule is N#Cc1cc2c(cn1)[nH]c1[nH+]cc(-c3cc(F)ccc3O)cc12. The summed E-state index contributed by atoms with van der Waals surface area (Å²) >= 11 is 0. The number of H-pyrrole nitrogens is 2. The molecule has 0 fully saturated rings. The lowest BCUT2D eigenvalue weighted by atomic mass is 10.0. The fourth-order valence-corrected chi connectivity index (χ4v) is 2.68. The van der Waals surface area contributed by atoms with Crippen molar-refractivity contribution >= 4 is 21.9 Å². The van der Waals surface area contributed by atoms with Gasteiger partial charge in [-0.05, 0) is 30.3 Å². The molecular weight excluding hydrogens is 295 g/mol. The number of nitrogens with one attached hydrogen (secondary N) is 2. The van der Waals surface area contributed by atoms with Crippen molar-refractivity contribution in [1.29, 1.82) is 5.26 Å². The van der Waals surface area contributed by atoms with E-state index in [1.165, 1.54) is 18.2 Å². The molecule has 0 unspecified atom stereocenters. The molecule has 0 bridgehead atoms. The van der Waals surface area contributed by atoms with Crippen LogP contribution >= 0.6 is 0 Å². The number of hydrogen-bond donors (Lipinski definition) is 2. The van der Waals surface area contributed by atoms with Gasteiger partial charge in [0.25, 0.3) is 5.65 Å². The summed E-state index contributed by atoms with van der Waals surface area (Å²) < 4.78 is 13.5. The van der Waals surface area contributed by atoms with Gasteiger partial charge in [-0.15, -0.1) is 0 Å². The summed E-state index contributed by atoms with van der Waals surface area (Å²) in [7, 11) is 0. The van der Waals surface area contributed by atoms with Crippen molar-refractivity contribution in [2.45, 2.75) is 0 Å². The minimum absolute atomic E-state index is 0.00151. The van der Waals surface area contributed by atoms with Gasteiger partial charge in [0, 0.05) is 16.5 Å². The van der Waals surface area contributed by atoms with E-state index < -0.39 is 5.82 Å². The van der Waals surface area contributed by atoms with Crippen molar-refractivity contribution in [1.82, 2.24) is 9.97 Å². The normalized spacial score (nSPS) is 11.0. The Labute approximate surface area is 129 Å². The number of phenolic OH excluding ortho intramolecular Hbond substituents is 1. The number of phenols is 1. The molecule has 0 atom stereocenters. The molecular formula is C17H10FN4O+. The molecule has 3 N–H and O–H groups in total. The second-order valence-corrected chi connectivity index (χ2v) is 5.19. The summed E-state index contributed by atoms with van der Waals surface area (Å²) in [4.78, 5) is 10.3. The molecule has 0 aliphatic rings. The number of aromatic nitrogens is 3. The first-order valence-electron chi connectivity index (χ1n) is 6.88. The lowest BCUT2D eigenvalue weighted by Crippen LogP contribution is -2.03. The van der Waals surface area contributed by atoms with Crippen LogP contribution in [-0.4, -0.2) is 15.1 Å². The largest absolute Gasteiger partial charge is 0.507 e. The molecule has 110 valence electrons. The van der Waals surface area contributed by atoms with Crippen LogP contribution in [0, 0.1) is 17.1 Å². The number of hydrogen-bond acceptors (Lipinski definition) is 3. The summed E-state index contributed by atoms with van der Waals surface area (Å²) in [5.74, 6) is -0.425. The van der Waals surface area contributed by atoms with Crippen molar-refractivity contribution in [3.05, 3.63) is 54.2 Å². The Hall–Kier alpha value is -3.46. The van der Waals surface area contributed by atoms with Crippen molar-refractivity contribution in [3.63, 3.8) is 0 Å². The summed E-state index contributed by atoms with van der Waals surface area (Å²) in [5.41, 5.74) is 2.91. The molecule has 0 aliphatic carbocycles. The minimum atomic E-state index is -0.423. The predicted octanol–water partition coefficient (Wildman–Crippen LogP) is 2.91. The summed E-state index contributed by atoms with van der Waals surface area (Å²) in [6.07, 6.45) is 3.28. The molecule has 23 heavy (non-hydrogen) atoms. The number of aromatic hydroxyl groups is 1. The molecule has 3 aromatic heterocycles. The van der Waals surface area contributed by atoms with E-state index in [4.69, 9.17) is 5.26 Å². The maximum Gasteiger partial charge on any atom is 0.285 e. The predicted molar refractivity (Wildman–Crippen MR) is 81.9 cm³/mol. The van der Waals surface area contributed by atoms with Crippen LogP contribution in [0.5, 0.6) is 5.75 Å². The average molecular weight is 305 g/mol. The summed E-state index contributed by atoms with van der Waals surface area (Å²) in [6.45, 7) is 0. The highest BCUT2D eigenvalue weighted by Crippen LogP contribution is 2.32. The second kappa shape index (κ2) is 4.78. The van der Waals surface area contributed by atoms with E-state index in [2.05, 4.69) is 15.0 Å². The van der Waals surface area contributed by atoms with Crippen molar-refractivity contribution in [2.24, 2.45) is 0 Å². The average Bonchev–Trinajstić information content (AvgIpc) is 2.94. The molecule has 0 saturated carbocycles.